The van der Waals surface area contributed by atoms with Crippen molar-refractivity contribution in [2.24, 2.45) is 11.1 Å². The normalized spacial score (nSPS) is 12.0. The molecule has 0 unspecified atom stereocenters. The first-order valence-corrected chi connectivity index (χ1v) is 6.00. The Hall–Kier alpha value is -2.25. The summed E-state index contributed by atoms with van der Waals surface area (Å²) >= 11 is 0. The topological polar surface area (TPSA) is 98.2 Å². The van der Waals surface area contributed by atoms with Crippen LogP contribution in [0, 0.1) is 5.41 Å². The number of alkyl halides is 3. The molecule has 0 bridgehead atoms. The Kier molecular flexibility index (Phi) is 4.50. The van der Waals surface area contributed by atoms with E-state index in [0.29, 0.717) is 6.07 Å². The largest absolute Gasteiger partial charge is 0.416 e. The van der Waals surface area contributed by atoms with Gasteiger partial charge in [-0.2, -0.15) is 13.2 Å². The molecule has 0 saturated heterocycles. The van der Waals surface area contributed by atoms with Gasteiger partial charge in [0.05, 0.1) is 16.5 Å². The zero-order chi connectivity index (χ0) is 16.4. The third-order valence-corrected chi connectivity index (χ3v) is 2.98. The second kappa shape index (κ2) is 5.63. The summed E-state index contributed by atoms with van der Waals surface area (Å²) in [5.41, 5.74) is 8.27. The maximum Gasteiger partial charge on any atom is 0.416 e. The fourth-order valence-corrected chi connectivity index (χ4v) is 1.41. The number of rotatable bonds is 4. The van der Waals surface area contributed by atoms with Crippen molar-refractivity contribution in [3.05, 3.63) is 29.3 Å². The first-order chi connectivity index (χ1) is 9.45. The third-order valence-electron chi connectivity index (χ3n) is 2.98. The molecule has 0 spiro atoms. The van der Waals surface area contributed by atoms with Crippen LogP contribution in [0.3, 0.4) is 0 Å². The van der Waals surface area contributed by atoms with Crippen molar-refractivity contribution in [1.29, 1.82) is 0 Å². The number of carbonyl (C=O) groups is 2. The van der Waals surface area contributed by atoms with Crippen LogP contribution < -0.4 is 16.8 Å². The number of hydrogen-bond donors (Lipinski definition) is 3. The van der Waals surface area contributed by atoms with Crippen LogP contribution in [-0.2, 0) is 11.0 Å². The van der Waals surface area contributed by atoms with Crippen LogP contribution in [0.2, 0.25) is 0 Å². The lowest BCUT2D eigenvalue weighted by Crippen LogP contribution is -2.42. The van der Waals surface area contributed by atoms with Crippen molar-refractivity contribution in [2.45, 2.75) is 20.0 Å². The lowest BCUT2D eigenvalue weighted by Gasteiger charge is -2.21. The number of halogens is 3. The van der Waals surface area contributed by atoms with Crippen molar-refractivity contribution in [1.82, 2.24) is 5.32 Å². The molecule has 1 aromatic carbocycles. The molecule has 0 aromatic heterocycles. The smallest absolute Gasteiger partial charge is 0.398 e. The molecule has 5 nitrogen and oxygen atoms in total. The van der Waals surface area contributed by atoms with E-state index in [4.69, 9.17) is 11.5 Å². The molecule has 0 radical (unpaired) electrons. The van der Waals surface area contributed by atoms with Crippen molar-refractivity contribution in [2.75, 3.05) is 12.3 Å². The Morgan fingerprint density at radius 1 is 1.24 bits per heavy atom. The van der Waals surface area contributed by atoms with Gasteiger partial charge in [-0.1, -0.05) is 0 Å². The minimum Gasteiger partial charge on any atom is -0.398 e. The molecule has 8 heteroatoms. The van der Waals surface area contributed by atoms with Gasteiger partial charge in [-0.25, -0.2) is 0 Å². The van der Waals surface area contributed by atoms with Gasteiger partial charge in [-0.15, -0.1) is 0 Å². The number of anilines is 1. The van der Waals surface area contributed by atoms with Gasteiger partial charge in [0.25, 0.3) is 5.91 Å². The van der Waals surface area contributed by atoms with Gasteiger partial charge in [0.1, 0.15) is 0 Å². The van der Waals surface area contributed by atoms with Crippen LogP contribution in [0.1, 0.15) is 29.8 Å². The summed E-state index contributed by atoms with van der Waals surface area (Å²) in [7, 11) is 0. The van der Waals surface area contributed by atoms with Crippen molar-refractivity contribution >= 4 is 17.5 Å². The maximum atomic E-state index is 12.6. The number of nitrogens with two attached hydrogens (primary N) is 2. The SMILES string of the molecule is CC(C)(CNC(=O)c1cc(C(F)(F)F)ccc1N)C(N)=O. The number of nitrogen functional groups attached to an aromatic ring is 1. The summed E-state index contributed by atoms with van der Waals surface area (Å²) in [6.45, 7) is 2.90. The third kappa shape index (κ3) is 4.11. The second-order valence-electron chi connectivity index (χ2n) is 5.23. The quantitative estimate of drug-likeness (QED) is 0.736. The number of nitrogens with one attached hydrogen (secondary N) is 1. The number of primary amides is 1. The van der Waals surface area contributed by atoms with Gasteiger partial charge in [0, 0.05) is 12.2 Å². The summed E-state index contributed by atoms with van der Waals surface area (Å²) in [5.74, 6) is -1.44. The molecular weight excluding hydrogens is 287 g/mol. The Balaban J connectivity index is 2.95. The Morgan fingerprint density at radius 2 is 1.81 bits per heavy atom. The van der Waals surface area contributed by atoms with Crippen LogP contribution in [0.5, 0.6) is 0 Å². The van der Waals surface area contributed by atoms with E-state index >= 15 is 0 Å². The summed E-state index contributed by atoms with van der Waals surface area (Å²) in [6, 6.07) is 2.47. The minimum atomic E-state index is -4.57. The Bertz CT molecular complexity index is 568. The molecule has 0 heterocycles. The fraction of sp³-hybridized carbons (Fsp3) is 0.385. The lowest BCUT2D eigenvalue weighted by molar-refractivity contribution is -0.137. The van der Waals surface area contributed by atoms with E-state index in [2.05, 4.69) is 5.32 Å². The van der Waals surface area contributed by atoms with Crippen LogP contribution in [0.4, 0.5) is 18.9 Å². The Labute approximate surface area is 119 Å². The van der Waals surface area contributed by atoms with Crippen molar-refractivity contribution < 1.29 is 22.8 Å². The zero-order valence-corrected chi connectivity index (χ0v) is 11.5. The van der Waals surface area contributed by atoms with E-state index in [1.807, 2.05) is 0 Å². The molecule has 0 fully saturated rings. The molecule has 1 rings (SSSR count). The summed E-state index contributed by atoms with van der Waals surface area (Å²) in [4.78, 5) is 23.0. The molecule has 1 aromatic rings. The molecule has 21 heavy (non-hydrogen) atoms. The predicted molar refractivity (Wildman–Crippen MR) is 71.2 cm³/mol. The molecule has 2 amide bonds. The number of carbonyl (C=O) groups excluding carboxylic acids is 2. The average molecular weight is 303 g/mol. The number of amides is 2. The van der Waals surface area contributed by atoms with Gasteiger partial charge < -0.3 is 16.8 Å². The highest BCUT2D eigenvalue weighted by atomic mass is 19.4. The molecular formula is C13H16F3N3O2. The average Bonchev–Trinajstić information content (AvgIpc) is 2.35. The molecule has 0 aliphatic carbocycles. The number of benzene rings is 1. The van der Waals surface area contributed by atoms with Gasteiger partial charge in [-0.3, -0.25) is 9.59 Å². The minimum absolute atomic E-state index is 0.0858. The summed E-state index contributed by atoms with van der Waals surface area (Å²) < 4.78 is 37.8. The molecule has 116 valence electrons. The van der Waals surface area contributed by atoms with E-state index in [9.17, 15) is 22.8 Å². The van der Waals surface area contributed by atoms with Crippen molar-refractivity contribution in [3.63, 3.8) is 0 Å². The van der Waals surface area contributed by atoms with Gasteiger partial charge >= 0.3 is 6.18 Å². The van der Waals surface area contributed by atoms with Gasteiger partial charge in [0.2, 0.25) is 5.91 Å². The highest BCUT2D eigenvalue weighted by Gasteiger charge is 2.32. The summed E-state index contributed by atoms with van der Waals surface area (Å²) in [5, 5.41) is 2.35. The second-order valence-corrected chi connectivity index (χ2v) is 5.23. The van der Waals surface area contributed by atoms with E-state index in [0.717, 1.165) is 12.1 Å². The predicted octanol–water partition coefficient (Wildman–Crippen LogP) is 1.53. The van der Waals surface area contributed by atoms with Crippen LogP contribution in [0.15, 0.2) is 18.2 Å². The van der Waals surface area contributed by atoms with Crippen LogP contribution in [0.25, 0.3) is 0 Å². The van der Waals surface area contributed by atoms with E-state index in [-0.39, 0.29) is 17.8 Å². The first kappa shape index (κ1) is 16.8. The van der Waals surface area contributed by atoms with Crippen LogP contribution >= 0.6 is 0 Å². The lowest BCUT2D eigenvalue weighted by atomic mass is 9.92. The molecule has 0 aliphatic heterocycles. The maximum absolute atomic E-state index is 12.6. The molecule has 0 atom stereocenters. The molecule has 5 N–H and O–H groups in total. The number of hydrogen-bond acceptors (Lipinski definition) is 3. The van der Waals surface area contributed by atoms with Crippen LogP contribution in [-0.4, -0.2) is 18.4 Å². The first-order valence-electron chi connectivity index (χ1n) is 6.00. The fourth-order valence-electron chi connectivity index (χ4n) is 1.41. The zero-order valence-electron chi connectivity index (χ0n) is 11.5. The van der Waals surface area contributed by atoms with E-state index in [1.165, 1.54) is 13.8 Å². The monoisotopic (exact) mass is 303 g/mol. The van der Waals surface area contributed by atoms with E-state index in [1.54, 1.807) is 0 Å². The highest BCUT2D eigenvalue weighted by Crippen LogP contribution is 2.31. The molecule has 0 saturated carbocycles. The highest BCUT2D eigenvalue weighted by molar-refractivity contribution is 5.99. The Morgan fingerprint density at radius 3 is 2.29 bits per heavy atom. The summed E-state index contributed by atoms with van der Waals surface area (Å²) in [6.07, 6.45) is -4.57. The standard InChI is InChI=1S/C13H16F3N3O2/c1-12(2,11(18)21)6-19-10(20)8-5-7(13(14,15)16)3-4-9(8)17/h3-5H,6,17H2,1-2H3,(H2,18,21)(H,19,20). The molecule has 0 aliphatic rings. The van der Waals surface area contributed by atoms with Gasteiger partial charge in [-0.05, 0) is 32.0 Å². The van der Waals surface area contributed by atoms with Crippen molar-refractivity contribution in [3.8, 4) is 0 Å². The van der Waals surface area contributed by atoms with Gasteiger partial charge in [0.15, 0.2) is 0 Å². The van der Waals surface area contributed by atoms with E-state index < -0.39 is 29.0 Å².